The van der Waals surface area contributed by atoms with Crippen LogP contribution in [0.25, 0.3) is 0 Å². The summed E-state index contributed by atoms with van der Waals surface area (Å²) >= 11 is 0. The molecule has 0 saturated heterocycles. The van der Waals surface area contributed by atoms with Crippen molar-refractivity contribution in [2.75, 3.05) is 13.2 Å². The van der Waals surface area contributed by atoms with Gasteiger partial charge in [0.1, 0.15) is 13.2 Å². The number of carbonyl (C=O) groups excluding carboxylic acids is 3. The Kier molecular flexibility index (Phi) is 45.2. The van der Waals surface area contributed by atoms with E-state index >= 15 is 0 Å². The van der Waals surface area contributed by atoms with Gasteiger partial charge in [0.15, 0.2) is 6.10 Å². The molecule has 362 valence electrons. The minimum Gasteiger partial charge on any atom is -0.462 e. The van der Waals surface area contributed by atoms with Crippen molar-refractivity contribution in [3.8, 4) is 0 Å². The maximum absolute atomic E-state index is 12.8. The van der Waals surface area contributed by atoms with Crippen molar-refractivity contribution in [2.24, 2.45) is 17.8 Å². The van der Waals surface area contributed by atoms with Crippen LogP contribution in [0.2, 0.25) is 0 Å². The van der Waals surface area contributed by atoms with Gasteiger partial charge in [-0.3, -0.25) is 14.4 Å². The third kappa shape index (κ3) is 49.3. The van der Waals surface area contributed by atoms with Crippen LogP contribution < -0.4 is 0 Å². The molecule has 6 heteroatoms. The van der Waals surface area contributed by atoms with Crippen molar-refractivity contribution in [3.63, 3.8) is 0 Å². The van der Waals surface area contributed by atoms with Crippen LogP contribution in [0.15, 0.2) is 0 Å². The predicted molar refractivity (Wildman–Crippen MR) is 261 cm³/mol. The molecule has 0 N–H and O–H groups in total. The SMILES string of the molecule is CC(C)CCCCCCCCCCCCCCCCCCCCC(=O)O[C@@H](COC(=O)CCCCCCCCCCCC(C)C)COC(=O)CCCCCCCCCC(C)C. The Labute approximate surface area is 380 Å². The van der Waals surface area contributed by atoms with Crippen molar-refractivity contribution in [3.05, 3.63) is 0 Å². The molecule has 0 spiro atoms. The first-order chi connectivity index (χ1) is 29.6. The number of ether oxygens (including phenoxy) is 3. The average Bonchev–Trinajstić information content (AvgIpc) is 3.22. The Morgan fingerprint density at radius 3 is 0.705 bits per heavy atom. The summed E-state index contributed by atoms with van der Waals surface area (Å²) in [6.45, 7) is 13.7. The predicted octanol–water partition coefficient (Wildman–Crippen LogP) is 17.6. The smallest absolute Gasteiger partial charge is 0.306 e. The van der Waals surface area contributed by atoms with Gasteiger partial charge in [0, 0.05) is 19.3 Å². The molecule has 0 aromatic rings. The molecule has 0 saturated carbocycles. The molecule has 61 heavy (non-hydrogen) atoms. The topological polar surface area (TPSA) is 78.9 Å². The van der Waals surface area contributed by atoms with Crippen LogP contribution in [0.4, 0.5) is 0 Å². The minimum absolute atomic E-state index is 0.0652. The number of esters is 3. The highest BCUT2D eigenvalue weighted by atomic mass is 16.6. The van der Waals surface area contributed by atoms with E-state index < -0.39 is 6.10 Å². The van der Waals surface area contributed by atoms with Gasteiger partial charge in [0.25, 0.3) is 0 Å². The van der Waals surface area contributed by atoms with Gasteiger partial charge >= 0.3 is 17.9 Å². The van der Waals surface area contributed by atoms with Crippen LogP contribution >= 0.6 is 0 Å². The lowest BCUT2D eigenvalue weighted by molar-refractivity contribution is -0.167. The fourth-order valence-corrected chi connectivity index (χ4v) is 8.29. The first kappa shape index (κ1) is 59.4. The largest absolute Gasteiger partial charge is 0.462 e. The zero-order chi connectivity index (χ0) is 44.9. The number of rotatable bonds is 48. The highest BCUT2D eigenvalue weighted by molar-refractivity contribution is 5.71. The van der Waals surface area contributed by atoms with E-state index in [4.69, 9.17) is 14.2 Å². The second kappa shape index (κ2) is 46.4. The van der Waals surface area contributed by atoms with Gasteiger partial charge in [-0.2, -0.15) is 0 Å². The van der Waals surface area contributed by atoms with Gasteiger partial charge in [-0.05, 0) is 37.0 Å². The summed E-state index contributed by atoms with van der Waals surface area (Å²) in [6, 6.07) is 0. The normalized spacial score (nSPS) is 12.1. The molecule has 0 aromatic carbocycles. The first-order valence-electron chi connectivity index (χ1n) is 27.1. The maximum atomic E-state index is 12.8. The standard InChI is InChI=1S/C55H106O6/c1-49(2)41-35-29-23-18-15-13-11-9-7-8-10-12-14-16-20-27-34-40-46-55(58)61-52(48-60-54(57)45-39-33-28-22-25-31-37-43-51(5)6)47-59-53(56)44-38-32-26-21-17-19-24-30-36-42-50(3)4/h49-52H,7-48H2,1-6H3/t52-/m0/s1. The molecular formula is C55H106O6. The summed E-state index contributed by atoms with van der Waals surface area (Å²) in [6.07, 6.45) is 46.8. The molecule has 0 rings (SSSR count). The summed E-state index contributed by atoms with van der Waals surface area (Å²) in [7, 11) is 0. The number of carbonyl (C=O) groups is 3. The van der Waals surface area contributed by atoms with E-state index in [2.05, 4.69) is 41.5 Å². The summed E-state index contributed by atoms with van der Waals surface area (Å²) in [5.74, 6) is 1.59. The van der Waals surface area contributed by atoms with Gasteiger partial charge in [0.05, 0.1) is 0 Å². The Bertz CT molecular complexity index is 945. The fourth-order valence-electron chi connectivity index (χ4n) is 8.29. The molecule has 0 fully saturated rings. The number of hydrogen-bond acceptors (Lipinski definition) is 6. The van der Waals surface area contributed by atoms with Gasteiger partial charge in [-0.15, -0.1) is 0 Å². The van der Waals surface area contributed by atoms with Crippen LogP contribution in [0.5, 0.6) is 0 Å². The summed E-state index contributed by atoms with van der Waals surface area (Å²) in [4.78, 5) is 37.9. The zero-order valence-electron chi connectivity index (χ0n) is 42.0. The lowest BCUT2D eigenvalue weighted by atomic mass is 10.0. The lowest BCUT2D eigenvalue weighted by Crippen LogP contribution is -2.30. The monoisotopic (exact) mass is 863 g/mol. The summed E-state index contributed by atoms with van der Waals surface area (Å²) < 4.78 is 16.8. The van der Waals surface area contributed by atoms with E-state index in [1.807, 2.05) is 0 Å². The maximum Gasteiger partial charge on any atom is 0.306 e. The molecule has 0 amide bonds. The van der Waals surface area contributed by atoms with Crippen LogP contribution in [0.3, 0.4) is 0 Å². The highest BCUT2D eigenvalue weighted by Gasteiger charge is 2.19. The van der Waals surface area contributed by atoms with Gasteiger partial charge in [-0.25, -0.2) is 0 Å². The highest BCUT2D eigenvalue weighted by Crippen LogP contribution is 2.18. The molecule has 0 aliphatic rings. The van der Waals surface area contributed by atoms with Gasteiger partial charge < -0.3 is 14.2 Å². The lowest BCUT2D eigenvalue weighted by Gasteiger charge is -2.18. The molecule has 0 radical (unpaired) electrons. The number of hydrogen-bond donors (Lipinski definition) is 0. The Morgan fingerprint density at radius 2 is 0.475 bits per heavy atom. The van der Waals surface area contributed by atoms with E-state index in [1.54, 1.807) is 0 Å². The van der Waals surface area contributed by atoms with Crippen molar-refractivity contribution >= 4 is 17.9 Å². The van der Waals surface area contributed by atoms with Crippen molar-refractivity contribution < 1.29 is 28.6 Å². The van der Waals surface area contributed by atoms with Crippen molar-refractivity contribution in [2.45, 2.75) is 304 Å². The molecule has 0 unspecified atom stereocenters. The molecule has 0 aliphatic heterocycles. The second-order valence-electron chi connectivity index (χ2n) is 20.3. The average molecular weight is 863 g/mol. The van der Waals surface area contributed by atoms with Crippen molar-refractivity contribution in [1.82, 2.24) is 0 Å². The second-order valence-corrected chi connectivity index (χ2v) is 20.3. The van der Waals surface area contributed by atoms with E-state index in [0.29, 0.717) is 19.3 Å². The van der Waals surface area contributed by atoms with Crippen LogP contribution in [-0.2, 0) is 28.6 Å². The quantitative estimate of drug-likeness (QED) is 0.0344. The molecule has 0 aromatic heterocycles. The van der Waals surface area contributed by atoms with Crippen LogP contribution in [0.1, 0.15) is 298 Å². The summed E-state index contributed by atoms with van der Waals surface area (Å²) in [5, 5.41) is 0. The third-order valence-corrected chi connectivity index (χ3v) is 12.4. The van der Waals surface area contributed by atoms with Gasteiger partial charge in [-0.1, -0.05) is 260 Å². The molecule has 0 bridgehead atoms. The van der Waals surface area contributed by atoms with E-state index in [-0.39, 0.29) is 31.1 Å². The molecule has 6 nitrogen and oxygen atoms in total. The van der Waals surface area contributed by atoms with E-state index in [0.717, 1.165) is 75.5 Å². The first-order valence-corrected chi connectivity index (χ1v) is 27.1. The molecule has 0 aliphatic carbocycles. The van der Waals surface area contributed by atoms with Crippen molar-refractivity contribution in [1.29, 1.82) is 0 Å². The molecule has 1 atom stereocenters. The number of unbranched alkanes of at least 4 members (excludes halogenated alkanes) is 31. The zero-order valence-corrected chi connectivity index (χ0v) is 42.0. The Hall–Kier alpha value is -1.59. The van der Waals surface area contributed by atoms with Gasteiger partial charge in [0.2, 0.25) is 0 Å². The Morgan fingerprint density at radius 1 is 0.279 bits per heavy atom. The fraction of sp³-hybridized carbons (Fsp3) is 0.945. The van der Waals surface area contributed by atoms with E-state index in [9.17, 15) is 14.4 Å². The molecule has 0 heterocycles. The summed E-state index contributed by atoms with van der Waals surface area (Å²) in [5.41, 5.74) is 0. The Balaban J connectivity index is 4.22. The van der Waals surface area contributed by atoms with Crippen LogP contribution in [0, 0.1) is 17.8 Å². The minimum atomic E-state index is -0.763. The third-order valence-electron chi connectivity index (χ3n) is 12.4. The van der Waals surface area contributed by atoms with E-state index in [1.165, 1.54) is 180 Å². The molecular weight excluding hydrogens is 757 g/mol. The van der Waals surface area contributed by atoms with Crippen LogP contribution in [-0.4, -0.2) is 37.2 Å².